The predicted molar refractivity (Wildman–Crippen MR) is 76.2 cm³/mol. The van der Waals surface area contributed by atoms with E-state index in [1.807, 2.05) is 26.0 Å². The standard InChI is InChI=1S/C16H19NO3/c1-10-7-11(2)14-13(8-10)15(18)16(19)17(14)9-12-5-3-4-6-20-12/h7-8,12H,3-6,9H2,1-2H3/t12-/m1/s1. The molecule has 0 unspecified atom stereocenters. The van der Waals surface area contributed by atoms with Gasteiger partial charge in [0.2, 0.25) is 0 Å². The fraction of sp³-hybridized carbons (Fsp3) is 0.500. The molecule has 3 rings (SSSR count). The number of ether oxygens (including phenoxy) is 1. The predicted octanol–water partition coefficient (Wildman–Crippen LogP) is 2.40. The molecule has 4 nitrogen and oxygen atoms in total. The maximum Gasteiger partial charge on any atom is 0.299 e. The largest absolute Gasteiger partial charge is 0.376 e. The summed E-state index contributed by atoms with van der Waals surface area (Å²) >= 11 is 0. The van der Waals surface area contributed by atoms with E-state index < -0.39 is 5.91 Å². The maximum absolute atomic E-state index is 12.2. The van der Waals surface area contributed by atoms with Crippen molar-refractivity contribution in [1.29, 1.82) is 0 Å². The van der Waals surface area contributed by atoms with E-state index in [2.05, 4.69) is 0 Å². The lowest BCUT2D eigenvalue weighted by Crippen LogP contribution is -2.39. The van der Waals surface area contributed by atoms with Gasteiger partial charge in [-0.15, -0.1) is 0 Å². The molecular formula is C16H19NO3. The average Bonchev–Trinajstić information content (AvgIpc) is 2.65. The van der Waals surface area contributed by atoms with E-state index in [1.165, 1.54) is 0 Å². The van der Waals surface area contributed by atoms with Gasteiger partial charge >= 0.3 is 0 Å². The van der Waals surface area contributed by atoms with Gasteiger partial charge in [0.05, 0.1) is 23.9 Å². The summed E-state index contributed by atoms with van der Waals surface area (Å²) in [4.78, 5) is 26.0. The number of rotatable bonds is 2. The second kappa shape index (κ2) is 5.02. The molecule has 4 heteroatoms. The van der Waals surface area contributed by atoms with Gasteiger partial charge in [0.1, 0.15) is 0 Å². The van der Waals surface area contributed by atoms with Crippen LogP contribution in [-0.2, 0) is 9.53 Å². The number of ketones is 1. The Morgan fingerprint density at radius 2 is 2.05 bits per heavy atom. The number of Topliss-reactive ketones (excluding diaryl/α,β-unsaturated/α-hetero) is 1. The third kappa shape index (κ3) is 2.14. The lowest BCUT2D eigenvalue weighted by Gasteiger charge is -2.28. The molecule has 0 radical (unpaired) electrons. The molecule has 1 aromatic carbocycles. The van der Waals surface area contributed by atoms with Crippen molar-refractivity contribution in [1.82, 2.24) is 0 Å². The van der Waals surface area contributed by atoms with Crippen molar-refractivity contribution in [2.24, 2.45) is 0 Å². The molecule has 0 bridgehead atoms. The van der Waals surface area contributed by atoms with E-state index in [9.17, 15) is 9.59 Å². The molecule has 2 heterocycles. The smallest absolute Gasteiger partial charge is 0.299 e. The van der Waals surface area contributed by atoms with E-state index >= 15 is 0 Å². The lowest BCUT2D eigenvalue weighted by atomic mass is 10.0. The highest BCUT2D eigenvalue weighted by molar-refractivity contribution is 6.52. The zero-order valence-corrected chi connectivity index (χ0v) is 11.9. The topological polar surface area (TPSA) is 46.6 Å². The van der Waals surface area contributed by atoms with E-state index in [4.69, 9.17) is 4.74 Å². The highest BCUT2D eigenvalue weighted by atomic mass is 16.5. The minimum absolute atomic E-state index is 0.0483. The van der Waals surface area contributed by atoms with Crippen molar-refractivity contribution in [3.05, 3.63) is 28.8 Å². The number of hydrogen-bond acceptors (Lipinski definition) is 3. The van der Waals surface area contributed by atoms with Crippen LogP contribution in [0, 0.1) is 13.8 Å². The van der Waals surface area contributed by atoms with Crippen molar-refractivity contribution in [2.45, 2.75) is 39.2 Å². The summed E-state index contributed by atoms with van der Waals surface area (Å²) in [7, 11) is 0. The van der Waals surface area contributed by atoms with Crippen molar-refractivity contribution >= 4 is 17.4 Å². The Morgan fingerprint density at radius 1 is 1.25 bits per heavy atom. The lowest BCUT2D eigenvalue weighted by molar-refractivity contribution is -0.114. The Balaban J connectivity index is 1.93. The molecule has 1 amide bonds. The molecule has 0 N–H and O–H groups in total. The Bertz CT molecular complexity index is 573. The van der Waals surface area contributed by atoms with Gasteiger partial charge < -0.3 is 9.64 Å². The third-order valence-corrected chi connectivity index (χ3v) is 4.06. The maximum atomic E-state index is 12.2. The first-order chi connectivity index (χ1) is 9.58. The van der Waals surface area contributed by atoms with Crippen LogP contribution >= 0.6 is 0 Å². The van der Waals surface area contributed by atoms with Gasteiger partial charge in [-0.25, -0.2) is 0 Å². The van der Waals surface area contributed by atoms with Crippen LogP contribution in [0.25, 0.3) is 0 Å². The van der Waals surface area contributed by atoms with Crippen molar-refractivity contribution < 1.29 is 14.3 Å². The molecule has 0 spiro atoms. The van der Waals surface area contributed by atoms with Crippen molar-refractivity contribution in [3.63, 3.8) is 0 Å². The van der Waals surface area contributed by atoms with E-state index in [-0.39, 0.29) is 11.9 Å². The quantitative estimate of drug-likeness (QED) is 0.777. The minimum Gasteiger partial charge on any atom is -0.376 e. The zero-order chi connectivity index (χ0) is 14.3. The van der Waals surface area contributed by atoms with E-state index in [0.29, 0.717) is 12.1 Å². The highest BCUT2D eigenvalue weighted by Gasteiger charge is 2.38. The summed E-state index contributed by atoms with van der Waals surface area (Å²) < 4.78 is 5.70. The van der Waals surface area contributed by atoms with Crippen LogP contribution in [0.1, 0.15) is 40.7 Å². The van der Waals surface area contributed by atoms with Gasteiger partial charge in [-0.1, -0.05) is 6.07 Å². The molecule has 0 aliphatic carbocycles. The molecule has 20 heavy (non-hydrogen) atoms. The SMILES string of the molecule is Cc1cc(C)c2c(c1)C(=O)C(=O)N2C[C@H]1CCCCO1. The second-order valence-corrected chi connectivity index (χ2v) is 5.71. The molecule has 0 saturated carbocycles. The molecule has 0 aromatic heterocycles. The molecule has 106 valence electrons. The van der Waals surface area contributed by atoms with Crippen LogP contribution in [0.2, 0.25) is 0 Å². The first-order valence-electron chi connectivity index (χ1n) is 7.17. The summed E-state index contributed by atoms with van der Waals surface area (Å²) in [5.74, 6) is -0.800. The number of carbonyl (C=O) groups is 2. The average molecular weight is 273 g/mol. The summed E-state index contributed by atoms with van der Waals surface area (Å²) in [6.45, 7) is 5.13. The Kier molecular flexibility index (Phi) is 3.34. The molecular weight excluding hydrogens is 254 g/mol. The molecule has 1 atom stereocenters. The minimum atomic E-state index is -0.414. The molecule has 2 aliphatic rings. The fourth-order valence-corrected chi connectivity index (χ4v) is 3.16. The van der Waals surface area contributed by atoms with Crippen LogP contribution in [-0.4, -0.2) is 30.9 Å². The second-order valence-electron chi connectivity index (χ2n) is 5.71. The zero-order valence-electron chi connectivity index (χ0n) is 11.9. The van der Waals surface area contributed by atoms with Crippen molar-refractivity contribution in [2.75, 3.05) is 18.1 Å². The van der Waals surface area contributed by atoms with Crippen LogP contribution in [0.4, 0.5) is 5.69 Å². The van der Waals surface area contributed by atoms with Gasteiger partial charge in [0.25, 0.3) is 11.7 Å². The van der Waals surface area contributed by atoms with E-state index in [1.54, 1.807) is 4.90 Å². The van der Waals surface area contributed by atoms with Crippen LogP contribution in [0.5, 0.6) is 0 Å². The number of nitrogens with zero attached hydrogens (tertiary/aromatic N) is 1. The fourth-order valence-electron chi connectivity index (χ4n) is 3.16. The van der Waals surface area contributed by atoms with Gasteiger partial charge in [-0.3, -0.25) is 9.59 Å². The highest BCUT2D eigenvalue weighted by Crippen LogP contribution is 2.34. The number of anilines is 1. The molecule has 2 aliphatic heterocycles. The Morgan fingerprint density at radius 3 is 2.75 bits per heavy atom. The van der Waals surface area contributed by atoms with Crippen LogP contribution in [0.15, 0.2) is 12.1 Å². The number of amides is 1. The summed E-state index contributed by atoms with van der Waals surface area (Å²) in [5, 5.41) is 0. The van der Waals surface area contributed by atoms with Crippen LogP contribution in [0.3, 0.4) is 0 Å². The first kappa shape index (κ1) is 13.3. The first-order valence-corrected chi connectivity index (χ1v) is 7.17. The monoisotopic (exact) mass is 273 g/mol. The Hall–Kier alpha value is -1.68. The molecule has 1 aromatic rings. The van der Waals surface area contributed by atoms with Gasteiger partial charge in [0, 0.05) is 6.61 Å². The number of aryl methyl sites for hydroxylation is 2. The summed E-state index contributed by atoms with van der Waals surface area (Å²) in [6.07, 6.45) is 3.21. The van der Waals surface area contributed by atoms with Crippen LogP contribution < -0.4 is 4.90 Å². The number of carbonyl (C=O) groups excluding carboxylic acids is 2. The molecule has 1 saturated heterocycles. The summed E-state index contributed by atoms with van der Waals surface area (Å²) in [5.41, 5.74) is 3.32. The molecule has 1 fully saturated rings. The summed E-state index contributed by atoms with van der Waals surface area (Å²) in [6, 6.07) is 3.82. The number of fused-ring (bicyclic) bond motifs is 1. The number of hydrogen-bond donors (Lipinski definition) is 0. The normalized spacial score (nSPS) is 22.3. The van der Waals surface area contributed by atoms with Gasteiger partial charge in [-0.05, 0) is 50.3 Å². The Labute approximate surface area is 118 Å². The van der Waals surface area contributed by atoms with Gasteiger partial charge in [0.15, 0.2) is 0 Å². The third-order valence-electron chi connectivity index (χ3n) is 4.06. The number of benzene rings is 1. The van der Waals surface area contributed by atoms with E-state index in [0.717, 1.165) is 42.7 Å². The van der Waals surface area contributed by atoms with Gasteiger partial charge in [-0.2, -0.15) is 0 Å². The van der Waals surface area contributed by atoms with Crippen molar-refractivity contribution in [3.8, 4) is 0 Å².